The van der Waals surface area contributed by atoms with Crippen LogP contribution in [0.1, 0.15) is 11.1 Å². The summed E-state index contributed by atoms with van der Waals surface area (Å²) in [5.41, 5.74) is 1.83. The predicted molar refractivity (Wildman–Crippen MR) is 127 cm³/mol. The fourth-order valence-corrected chi connectivity index (χ4v) is 3.90. The first-order valence-electron chi connectivity index (χ1n) is 9.32. The molecule has 6 nitrogen and oxygen atoms in total. The highest BCUT2D eigenvalue weighted by atomic mass is 79.9. The van der Waals surface area contributed by atoms with Crippen LogP contribution in [-0.4, -0.2) is 22.4 Å². The maximum atomic E-state index is 13.1. The molecule has 0 fully saturated rings. The Bertz CT molecular complexity index is 1110. The Morgan fingerprint density at radius 2 is 1.74 bits per heavy atom. The Morgan fingerprint density at radius 1 is 1.03 bits per heavy atom. The number of nitro benzene ring substituents is 1. The second-order valence-electron chi connectivity index (χ2n) is 6.70. The van der Waals surface area contributed by atoms with Crippen molar-refractivity contribution < 1.29 is 9.72 Å². The number of nitrogens with zero attached hydrogens (tertiary/aromatic N) is 2. The summed E-state index contributed by atoms with van der Waals surface area (Å²) in [4.78, 5) is 25.6. The molecule has 0 aromatic heterocycles. The third kappa shape index (κ3) is 6.19. The van der Waals surface area contributed by atoms with Crippen LogP contribution in [0.4, 0.5) is 16.2 Å². The zero-order chi connectivity index (χ0) is 22.4. The number of benzene rings is 3. The number of hydrogen-bond acceptors (Lipinski definition) is 3. The fraction of sp³-hybridized carbons (Fsp3) is 0.136. The molecule has 0 aliphatic heterocycles. The Kier molecular flexibility index (Phi) is 7.90. The van der Waals surface area contributed by atoms with Crippen LogP contribution in [0.3, 0.4) is 0 Å². The van der Waals surface area contributed by atoms with E-state index in [1.165, 1.54) is 11.0 Å². The lowest BCUT2D eigenvalue weighted by Crippen LogP contribution is -2.36. The molecule has 9 heteroatoms. The molecule has 31 heavy (non-hydrogen) atoms. The van der Waals surface area contributed by atoms with Crippen LogP contribution in [0.15, 0.2) is 71.2 Å². The molecule has 0 saturated heterocycles. The third-order valence-corrected chi connectivity index (χ3v) is 5.90. The summed E-state index contributed by atoms with van der Waals surface area (Å²) in [6.45, 7) is 0.363. The molecule has 0 unspecified atom stereocenters. The highest BCUT2D eigenvalue weighted by Gasteiger charge is 2.20. The van der Waals surface area contributed by atoms with Crippen LogP contribution in [0, 0.1) is 10.1 Å². The van der Waals surface area contributed by atoms with Crippen LogP contribution in [0.25, 0.3) is 0 Å². The van der Waals surface area contributed by atoms with Gasteiger partial charge in [0.15, 0.2) is 0 Å². The molecule has 1 N–H and O–H groups in total. The number of para-hydroxylation sites is 2. The van der Waals surface area contributed by atoms with Crippen molar-refractivity contribution in [3.63, 3.8) is 0 Å². The van der Waals surface area contributed by atoms with Crippen LogP contribution >= 0.6 is 39.1 Å². The lowest BCUT2D eigenvalue weighted by molar-refractivity contribution is -0.385. The van der Waals surface area contributed by atoms with Gasteiger partial charge < -0.3 is 10.2 Å². The summed E-state index contributed by atoms with van der Waals surface area (Å²) < 4.78 is 0.731. The Hall–Kier alpha value is -2.61. The van der Waals surface area contributed by atoms with Crippen molar-refractivity contribution in [1.82, 2.24) is 4.90 Å². The number of halogens is 3. The molecule has 0 spiro atoms. The first-order chi connectivity index (χ1) is 14.8. The first kappa shape index (κ1) is 23.1. The predicted octanol–water partition coefficient (Wildman–Crippen LogP) is 6.94. The van der Waals surface area contributed by atoms with Gasteiger partial charge in [-0.15, -0.1) is 0 Å². The quantitative estimate of drug-likeness (QED) is 0.269. The van der Waals surface area contributed by atoms with Crippen molar-refractivity contribution in [3.8, 4) is 0 Å². The Labute approximate surface area is 198 Å². The van der Waals surface area contributed by atoms with E-state index in [2.05, 4.69) is 21.2 Å². The molecule has 0 heterocycles. The summed E-state index contributed by atoms with van der Waals surface area (Å²) in [5, 5.41) is 15.3. The minimum Gasteiger partial charge on any atom is -0.320 e. The monoisotopic (exact) mass is 521 g/mol. The fourth-order valence-electron chi connectivity index (χ4n) is 3.02. The summed E-state index contributed by atoms with van der Waals surface area (Å²) >= 11 is 15.6. The molecule has 3 rings (SSSR count). The number of hydrogen-bond donors (Lipinski definition) is 1. The van der Waals surface area contributed by atoms with Gasteiger partial charge in [0.05, 0.1) is 17.2 Å². The average molecular weight is 523 g/mol. The van der Waals surface area contributed by atoms with E-state index in [0.717, 1.165) is 10.0 Å². The van der Waals surface area contributed by atoms with Gasteiger partial charge in [0.25, 0.3) is 5.69 Å². The van der Waals surface area contributed by atoms with Crippen molar-refractivity contribution in [2.45, 2.75) is 13.0 Å². The van der Waals surface area contributed by atoms with Crippen molar-refractivity contribution >= 4 is 56.5 Å². The molecule has 0 bridgehead atoms. The largest absolute Gasteiger partial charge is 0.322 e. The van der Waals surface area contributed by atoms with Crippen LogP contribution in [0.2, 0.25) is 10.0 Å². The van der Waals surface area contributed by atoms with E-state index in [-0.39, 0.29) is 18.3 Å². The number of rotatable bonds is 7. The number of carbonyl (C=O) groups is 1. The van der Waals surface area contributed by atoms with Crippen molar-refractivity contribution in [2.24, 2.45) is 0 Å². The summed E-state index contributed by atoms with van der Waals surface area (Å²) in [6, 6.07) is 18.4. The van der Waals surface area contributed by atoms with E-state index in [1.54, 1.807) is 48.5 Å². The van der Waals surface area contributed by atoms with Gasteiger partial charge in [-0.3, -0.25) is 10.1 Å². The summed E-state index contributed by atoms with van der Waals surface area (Å²) in [6.07, 6.45) is 0.458. The standard InChI is InChI=1S/C22H18BrCl2N3O3/c23-18-6-2-3-7-20(18)26-22(29)27(12-11-15-9-10-17(24)13-19(15)25)14-16-5-1-4-8-21(16)28(30)31/h1-10,13H,11-12,14H2,(H,26,29). The maximum Gasteiger partial charge on any atom is 0.322 e. The first-order valence-corrected chi connectivity index (χ1v) is 10.9. The number of urea groups is 1. The van der Waals surface area contributed by atoms with Gasteiger partial charge in [0, 0.05) is 32.7 Å². The van der Waals surface area contributed by atoms with Crippen LogP contribution in [-0.2, 0) is 13.0 Å². The highest BCUT2D eigenvalue weighted by Crippen LogP contribution is 2.25. The molecule has 2 amide bonds. The van der Waals surface area contributed by atoms with E-state index in [0.29, 0.717) is 34.3 Å². The van der Waals surface area contributed by atoms with E-state index in [9.17, 15) is 14.9 Å². The van der Waals surface area contributed by atoms with Gasteiger partial charge in [-0.1, -0.05) is 59.6 Å². The normalized spacial score (nSPS) is 10.5. The Balaban J connectivity index is 1.85. The minimum absolute atomic E-state index is 0.0364. The van der Waals surface area contributed by atoms with Crippen LogP contribution < -0.4 is 5.32 Å². The average Bonchev–Trinajstić information content (AvgIpc) is 2.74. The highest BCUT2D eigenvalue weighted by molar-refractivity contribution is 9.10. The second-order valence-corrected chi connectivity index (χ2v) is 8.40. The van der Waals surface area contributed by atoms with E-state index >= 15 is 0 Å². The SMILES string of the molecule is O=C(Nc1ccccc1Br)N(CCc1ccc(Cl)cc1Cl)Cc1ccccc1[N+](=O)[O-]. The van der Waals surface area contributed by atoms with Gasteiger partial charge in [-0.2, -0.15) is 0 Å². The molecule has 0 aliphatic rings. The Morgan fingerprint density at radius 3 is 2.45 bits per heavy atom. The number of carbonyl (C=O) groups excluding carboxylic acids is 1. The number of amides is 2. The number of nitrogens with one attached hydrogen (secondary N) is 1. The lowest BCUT2D eigenvalue weighted by atomic mass is 10.1. The van der Waals surface area contributed by atoms with Gasteiger partial charge >= 0.3 is 6.03 Å². The van der Waals surface area contributed by atoms with Crippen molar-refractivity contribution in [1.29, 1.82) is 0 Å². The molecule has 3 aromatic rings. The molecular formula is C22H18BrCl2N3O3. The number of anilines is 1. The molecule has 0 radical (unpaired) electrons. The number of nitro groups is 1. The van der Waals surface area contributed by atoms with Crippen LogP contribution in [0.5, 0.6) is 0 Å². The molecule has 0 atom stereocenters. The lowest BCUT2D eigenvalue weighted by Gasteiger charge is -2.24. The smallest absolute Gasteiger partial charge is 0.320 e. The van der Waals surface area contributed by atoms with E-state index in [4.69, 9.17) is 23.2 Å². The maximum absolute atomic E-state index is 13.1. The van der Waals surface area contributed by atoms with Crippen molar-refractivity contribution in [3.05, 3.63) is 102 Å². The summed E-state index contributed by atoms with van der Waals surface area (Å²) in [7, 11) is 0. The molecule has 0 aliphatic carbocycles. The third-order valence-electron chi connectivity index (χ3n) is 4.62. The summed E-state index contributed by atoms with van der Waals surface area (Å²) in [5.74, 6) is 0. The zero-order valence-corrected chi connectivity index (χ0v) is 19.3. The van der Waals surface area contributed by atoms with E-state index in [1.807, 2.05) is 12.1 Å². The minimum atomic E-state index is -0.449. The van der Waals surface area contributed by atoms with E-state index < -0.39 is 4.92 Å². The second kappa shape index (κ2) is 10.6. The topological polar surface area (TPSA) is 75.5 Å². The van der Waals surface area contributed by atoms with Gasteiger partial charge in [-0.25, -0.2) is 4.79 Å². The molecule has 0 saturated carbocycles. The van der Waals surface area contributed by atoms with Gasteiger partial charge in [-0.05, 0) is 52.2 Å². The van der Waals surface area contributed by atoms with Gasteiger partial charge in [0.2, 0.25) is 0 Å². The van der Waals surface area contributed by atoms with Crippen molar-refractivity contribution in [2.75, 3.05) is 11.9 Å². The zero-order valence-electron chi connectivity index (χ0n) is 16.2. The van der Waals surface area contributed by atoms with Gasteiger partial charge in [0.1, 0.15) is 0 Å². The molecule has 3 aromatic carbocycles. The molecular weight excluding hydrogens is 505 g/mol. The molecule has 160 valence electrons.